The van der Waals surface area contributed by atoms with Gasteiger partial charge in [0.2, 0.25) is 10.1 Å². The first kappa shape index (κ1) is 17.2. The third-order valence-electron chi connectivity index (χ3n) is 3.75. The van der Waals surface area contributed by atoms with Crippen LogP contribution in [0.3, 0.4) is 0 Å². The summed E-state index contributed by atoms with van der Waals surface area (Å²) in [7, 11) is 0. The molecule has 0 aromatic carbocycles. The molecule has 0 atom stereocenters. The van der Waals surface area contributed by atoms with Gasteiger partial charge in [-0.25, -0.2) is 4.98 Å². The Morgan fingerprint density at radius 2 is 1.92 bits per heavy atom. The molecule has 3 rings (SSSR count). The number of aromatic nitrogens is 3. The summed E-state index contributed by atoms with van der Waals surface area (Å²) < 4.78 is 43.2. The summed E-state index contributed by atoms with van der Waals surface area (Å²) in [5, 5.41) is 6.33. The van der Waals surface area contributed by atoms with E-state index in [2.05, 4.69) is 20.1 Å². The average molecular weight is 361 g/mol. The van der Waals surface area contributed by atoms with Crippen LogP contribution in [0.15, 0.2) is 10.7 Å². The van der Waals surface area contributed by atoms with Crippen molar-refractivity contribution in [2.45, 2.75) is 32.5 Å². The second-order valence-corrected chi connectivity index (χ2v) is 6.94. The van der Waals surface area contributed by atoms with Crippen molar-refractivity contribution in [3.63, 3.8) is 0 Å². The normalized spacial score (nSPS) is 17.0. The molecular formula is C14H18F3N5OS. The zero-order valence-corrected chi connectivity index (χ0v) is 14.2. The summed E-state index contributed by atoms with van der Waals surface area (Å²) in [6.45, 7) is 7.39. The molecule has 0 aliphatic carbocycles. The van der Waals surface area contributed by atoms with Gasteiger partial charge in [0.15, 0.2) is 5.89 Å². The molecule has 132 valence electrons. The molecule has 1 aliphatic rings. The van der Waals surface area contributed by atoms with E-state index in [1.165, 1.54) is 0 Å². The molecule has 24 heavy (non-hydrogen) atoms. The van der Waals surface area contributed by atoms with Gasteiger partial charge >= 0.3 is 6.18 Å². The number of oxazole rings is 1. The van der Waals surface area contributed by atoms with Gasteiger partial charge in [-0.15, -0.1) is 10.2 Å². The molecule has 0 bridgehead atoms. The first-order chi connectivity index (χ1) is 11.3. The third kappa shape index (κ3) is 3.86. The maximum Gasteiger partial charge on any atom is 0.445 e. The number of nitrogens with zero attached hydrogens (tertiary/aromatic N) is 5. The van der Waals surface area contributed by atoms with Crippen molar-refractivity contribution in [2.24, 2.45) is 0 Å². The Kier molecular flexibility index (Phi) is 4.77. The lowest BCUT2D eigenvalue weighted by molar-refractivity contribution is -0.138. The van der Waals surface area contributed by atoms with Crippen molar-refractivity contribution < 1.29 is 17.6 Å². The van der Waals surface area contributed by atoms with Gasteiger partial charge in [0.1, 0.15) is 6.26 Å². The summed E-state index contributed by atoms with van der Waals surface area (Å²) in [4.78, 5) is 8.48. The van der Waals surface area contributed by atoms with Gasteiger partial charge in [-0.1, -0.05) is 25.2 Å². The minimum absolute atomic E-state index is 0.246. The van der Waals surface area contributed by atoms with E-state index >= 15 is 0 Å². The minimum Gasteiger partial charge on any atom is -0.448 e. The summed E-state index contributed by atoms with van der Waals surface area (Å²) >= 11 is 0.591. The first-order valence-corrected chi connectivity index (χ1v) is 8.47. The Morgan fingerprint density at radius 1 is 1.21 bits per heavy atom. The molecule has 1 fully saturated rings. The van der Waals surface area contributed by atoms with Gasteiger partial charge in [0, 0.05) is 38.6 Å². The topological polar surface area (TPSA) is 58.3 Å². The lowest BCUT2D eigenvalue weighted by Crippen LogP contribution is -2.46. The number of halogens is 3. The van der Waals surface area contributed by atoms with E-state index in [0.717, 1.165) is 24.7 Å². The standard InChI is InChI=1S/C14H18F3N5OS/c1-9(2)11-18-10(8-23-11)7-21-3-5-22(6-4-21)13-20-19-12(24-13)14(15,16)17/h8-9H,3-7H2,1-2H3. The second kappa shape index (κ2) is 6.67. The highest BCUT2D eigenvalue weighted by molar-refractivity contribution is 7.15. The summed E-state index contributed by atoms with van der Waals surface area (Å²) in [5.41, 5.74) is 0.877. The van der Waals surface area contributed by atoms with Gasteiger partial charge in [-0.2, -0.15) is 13.2 Å². The Balaban J connectivity index is 1.54. The molecule has 1 aliphatic heterocycles. The lowest BCUT2D eigenvalue weighted by Gasteiger charge is -2.33. The molecule has 0 amide bonds. The van der Waals surface area contributed by atoms with Crippen LogP contribution >= 0.6 is 11.3 Å². The van der Waals surface area contributed by atoms with Crippen LogP contribution in [-0.2, 0) is 12.7 Å². The van der Waals surface area contributed by atoms with Crippen molar-refractivity contribution in [3.05, 3.63) is 22.9 Å². The van der Waals surface area contributed by atoms with Gasteiger partial charge in [0.05, 0.1) is 5.69 Å². The number of anilines is 1. The van der Waals surface area contributed by atoms with E-state index < -0.39 is 11.2 Å². The zero-order valence-electron chi connectivity index (χ0n) is 13.4. The van der Waals surface area contributed by atoms with Gasteiger partial charge in [0.25, 0.3) is 0 Å². The van der Waals surface area contributed by atoms with E-state index in [-0.39, 0.29) is 5.92 Å². The van der Waals surface area contributed by atoms with Crippen molar-refractivity contribution in [1.82, 2.24) is 20.1 Å². The van der Waals surface area contributed by atoms with Crippen LogP contribution in [0.2, 0.25) is 0 Å². The van der Waals surface area contributed by atoms with Crippen LogP contribution in [0.25, 0.3) is 0 Å². The Labute approximate surface area is 141 Å². The van der Waals surface area contributed by atoms with Gasteiger partial charge in [-0.3, -0.25) is 4.90 Å². The van der Waals surface area contributed by atoms with Crippen molar-refractivity contribution in [2.75, 3.05) is 31.1 Å². The fourth-order valence-corrected chi connectivity index (χ4v) is 3.21. The maximum absolute atomic E-state index is 12.6. The highest BCUT2D eigenvalue weighted by Gasteiger charge is 2.36. The largest absolute Gasteiger partial charge is 0.448 e. The van der Waals surface area contributed by atoms with Gasteiger partial charge in [-0.05, 0) is 0 Å². The third-order valence-corrected chi connectivity index (χ3v) is 4.78. The first-order valence-electron chi connectivity index (χ1n) is 7.65. The molecule has 0 spiro atoms. The quantitative estimate of drug-likeness (QED) is 0.834. The molecule has 1 saturated heterocycles. The van der Waals surface area contributed by atoms with Crippen molar-refractivity contribution in [1.29, 1.82) is 0 Å². The molecular weight excluding hydrogens is 343 g/mol. The summed E-state index contributed by atoms with van der Waals surface area (Å²) in [6.07, 6.45) is -2.76. The highest BCUT2D eigenvalue weighted by atomic mass is 32.1. The van der Waals surface area contributed by atoms with Gasteiger partial charge < -0.3 is 9.32 Å². The fourth-order valence-electron chi connectivity index (χ4n) is 2.44. The fraction of sp³-hybridized carbons (Fsp3) is 0.643. The Hall–Kier alpha value is -1.68. The van der Waals surface area contributed by atoms with Crippen LogP contribution in [0, 0.1) is 0 Å². The number of alkyl halides is 3. The lowest BCUT2D eigenvalue weighted by atomic mass is 10.2. The molecule has 0 unspecified atom stereocenters. The molecule has 3 heterocycles. The Bertz CT molecular complexity index is 676. The molecule has 0 saturated carbocycles. The SMILES string of the molecule is CC(C)c1nc(CN2CCN(c3nnc(C(F)(F)F)s3)CC2)co1. The number of rotatable bonds is 4. The van der Waals surface area contributed by atoms with Crippen LogP contribution in [0.1, 0.15) is 36.4 Å². The van der Waals surface area contributed by atoms with E-state index in [1.54, 1.807) is 6.26 Å². The van der Waals surface area contributed by atoms with E-state index in [1.807, 2.05) is 18.7 Å². The van der Waals surface area contributed by atoms with E-state index in [9.17, 15) is 13.2 Å². The zero-order chi connectivity index (χ0) is 17.3. The summed E-state index contributed by atoms with van der Waals surface area (Å²) in [6, 6.07) is 0. The number of hydrogen-bond acceptors (Lipinski definition) is 7. The molecule has 0 radical (unpaired) electrons. The molecule has 2 aromatic heterocycles. The van der Waals surface area contributed by atoms with Crippen molar-refractivity contribution >= 4 is 16.5 Å². The van der Waals surface area contributed by atoms with E-state index in [4.69, 9.17) is 4.42 Å². The number of piperazine rings is 1. The van der Waals surface area contributed by atoms with Crippen LogP contribution < -0.4 is 4.90 Å². The maximum atomic E-state index is 12.6. The van der Waals surface area contributed by atoms with Crippen LogP contribution in [0.5, 0.6) is 0 Å². The molecule has 0 N–H and O–H groups in total. The second-order valence-electron chi connectivity index (χ2n) is 5.98. The predicted octanol–water partition coefficient (Wildman–Crippen LogP) is 2.99. The molecule has 10 heteroatoms. The molecule has 2 aromatic rings. The highest BCUT2D eigenvalue weighted by Crippen LogP contribution is 2.34. The summed E-state index contributed by atoms with van der Waals surface area (Å²) in [5.74, 6) is 0.966. The number of hydrogen-bond donors (Lipinski definition) is 0. The minimum atomic E-state index is -4.43. The van der Waals surface area contributed by atoms with Crippen LogP contribution in [-0.4, -0.2) is 46.3 Å². The average Bonchev–Trinajstić information content (AvgIpc) is 3.16. The predicted molar refractivity (Wildman–Crippen MR) is 83.0 cm³/mol. The van der Waals surface area contributed by atoms with Crippen LogP contribution in [0.4, 0.5) is 18.3 Å². The Morgan fingerprint density at radius 3 is 2.46 bits per heavy atom. The smallest absolute Gasteiger partial charge is 0.445 e. The molecule has 6 nitrogen and oxygen atoms in total. The van der Waals surface area contributed by atoms with E-state index in [0.29, 0.717) is 36.1 Å². The van der Waals surface area contributed by atoms with Crippen molar-refractivity contribution in [3.8, 4) is 0 Å². The monoisotopic (exact) mass is 361 g/mol.